The molecule has 0 saturated carbocycles. The summed E-state index contributed by atoms with van der Waals surface area (Å²) in [5.74, 6) is -0.376. The molecule has 0 bridgehead atoms. The number of halogens is 1. The van der Waals surface area contributed by atoms with Gasteiger partial charge in [0.2, 0.25) is 5.91 Å². The number of anilines is 1. The third kappa shape index (κ3) is 3.52. The summed E-state index contributed by atoms with van der Waals surface area (Å²) in [6.07, 6.45) is 1.27. The monoisotopic (exact) mass is 394 g/mol. The van der Waals surface area contributed by atoms with Crippen LogP contribution in [0.2, 0.25) is 5.02 Å². The third-order valence-electron chi connectivity index (χ3n) is 4.21. The number of fused-ring (bicyclic) bond motifs is 1. The fraction of sp³-hybridized carbons (Fsp3) is 0.100. The van der Waals surface area contributed by atoms with E-state index in [4.69, 9.17) is 16.1 Å². The molecule has 0 aliphatic heterocycles. The van der Waals surface area contributed by atoms with Crippen LogP contribution in [0, 0.1) is 6.92 Å². The van der Waals surface area contributed by atoms with Gasteiger partial charge >= 0.3 is 0 Å². The van der Waals surface area contributed by atoms with Gasteiger partial charge in [-0.2, -0.15) is 0 Å². The minimum absolute atomic E-state index is 0.132. The second-order valence-electron chi connectivity index (χ2n) is 6.31. The van der Waals surface area contributed by atoms with Gasteiger partial charge in [-0.3, -0.25) is 14.2 Å². The number of rotatable bonds is 4. The number of carbonyl (C=O) groups is 1. The van der Waals surface area contributed by atoms with Crippen LogP contribution < -0.4 is 10.9 Å². The number of nitrogens with one attached hydrogen (secondary N) is 1. The zero-order chi connectivity index (χ0) is 19.7. The van der Waals surface area contributed by atoms with E-state index < -0.39 is 5.56 Å². The maximum atomic E-state index is 12.9. The van der Waals surface area contributed by atoms with Crippen LogP contribution in [0.25, 0.3) is 22.4 Å². The van der Waals surface area contributed by atoms with Crippen molar-refractivity contribution < 1.29 is 9.32 Å². The average Bonchev–Trinajstić information content (AvgIpc) is 3.09. The van der Waals surface area contributed by atoms with Crippen LogP contribution in [-0.4, -0.2) is 20.6 Å². The number of amides is 1. The van der Waals surface area contributed by atoms with E-state index in [9.17, 15) is 9.59 Å². The largest absolute Gasteiger partial charge is 0.335 e. The minimum Gasteiger partial charge on any atom is -0.335 e. The van der Waals surface area contributed by atoms with Gasteiger partial charge in [0.05, 0.1) is 0 Å². The van der Waals surface area contributed by atoms with Gasteiger partial charge < -0.3 is 9.84 Å². The Balaban J connectivity index is 1.66. The highest BCUT2D eigenvalue weighted by molar-refractivity contribution is 6.30. The summed E-state index contributed by atoms with van der Waals surface area (Å²) in [5.41, 5.74) is 2.51. The molecule has 2 aromatic carbocycles. The van der Waals surface area contributed by atoms with E-state index >= 15 is 0 Å². The normalized spacial score (nSPS) is 10.9. The Bertz CT molecular complexity index is 1230. The van der Waals surface area contributed by atoms with Crippen molar-refractivity contribution in [3.8, 4) is 11.3 Å². The van der Waals surface area contributed by atoms with Crippen LogP contribution >= 0.6 is 11.6 Å². The van der Waals surface area contributed by atoms with Gasteiger partial charge in [-0.25, -0.2) is 4.98 Å². The van der Waals surface area contributed by atoms with Gasteiger partial charge in [0.15, 0.2) is 0 Å². The first-order valence-corrected chi connectivity index (χ1v) is 8.86. The molecule has 8 heteroatoms. The van der Waals surface area contributed by atoms with E-state index in [-0.39, 0.29) is 23.6 Å². The topological polar surface area (TPSA) is 90.0 Å². The first-order chi connectivity index (χ1) is 13.5. The Morgan fingerprint density at radius 1 is 1.21 bits per heavy atom. The fourth-order valence-corrected chi connectivity index (χ4v) is 3.01. The molecule has 0 atom stereocenters. The van der Waals surface area contributed by atoms with Crippen molar-refractivity contribution in [2.24, 2.45) is 0 Å². The molecule has 0 aliphatic rings. The molecule has 2 aromatic heterocycles. The molecular formula is C20H15ClN4O3. The molecule has 1 N–H and O–H groups in total. The molecule has 0 spiro atoms. The molecule has 0 unspecified atom stereocenters. The van der Waals surface area contributed by atoms with Crippen LogP contribution in [-0.2, 0) is 11.3 Å². The third-order valence-corrected chi connectivity index (χ3v) is 4.45. The Kier molecular flexibility index (Phi) is 4.67. The van der Waals surface area contributed by atoms with E-state index in [0.717, 1.165) is 11.1 Å². The number of benzene rings is 2. The number of hydrogen-bond acceptors (Lipinski definition) is 5. The average molecular weight is 395 g/mol. The standard InChI is InChI=1S/C20H15ClN4O3/c1-12-5-7-13(8-6-12)18-17-19(28-24-18)22-11-25(20(17)27)10-16(26)23-15-4-2-3-14(21)9-15/h2-9,11H,10H2,1H3,(H,23,26). The Hall–Kier alpha value is -3.45. The predicted octanol–water partition coefficient (Wildman–Crippen LogP) is 3.65. The molecule has 1 amide bonds. The zero-order valence-electron chi connectivity index (χ0n) is 14.8. The van der Waals surface area contributed by atoms with Gasteiger partial charge in [0.1, 0.15) is 24.0 Å². The maximum absolute atomic E-state index is 12.9. The molecule has 4 rings (SSSR count). The summed E-state index contributed by atoms with van der Waals surface area (Å²) < 4.78 is 6.41. The van der Waals surface area contributed by atoms with Gasteiger partial charge in [0, 0.05) is 16.3 Å². The molecular weight excluding hydrogens is 380 g/mol. The predicted molar refractivity (Wildman–Crippen MR) is 106 cm³/mol. The van der Waals surface area contributed by atoms with Crippen molar-refractivity contribution in [1.82, 2.24) is 14.7 Å². The SMILES string of the molecule is Cc1ccc(-c2noc3ncn(CC(=O)Nc4cccc(Cl)c4)c(=O)c23)cc1. The Labute approximate surface area is 164 Å². The molecule has 2 heterocycles. The van der Waals surface area contributed by atoms with Crippen molar-refractivity contribution in [3.05, 3.63) is 75.8 Å². The summed E-state index contributed by atoms with van der Waals surface area (Å²) >= 11 is 5.92. The molecule has 0 radical (unpaired) electrons. The number of hydrogen-bond donors (Lipinski definition) is 1. The van der Waals surface area contributed by atoms with Gasteiger partial charge in [-0.15, -0.1) is 0 Å². The lowest BCUT2D eigenvalue weighted by Crippen LogP contribution is -2.27. The Morgan fingerprint density at radius 3 is 2.75 bits per heavy atom. The van der Waals surface area contributed by atoms with E-state index in [1.807, 2.05) is 31.2 Å². The summed E-state index contributed by atoms with van der Waals surface area (Å²) in [5, 5.41) is 7.43. The highest BCUT2D eigenvalue weighted by Crippen LogP contribution is 2.24. The lowest BCUT2D eigenvalue weighted by molar-refractivity contribution is -0.116. The Morgan fingerprint density at radius 2 is 2.00 bits per heavy atom. The van der Waals surface area contributed by atoms with E-state index in [2.05, 4.69) is 15.5 Å². The lowest BCUT2D eigenvalue weighted by atomic mass is 10.1. The van der Waals surface area contributed by atoms with Crippen LogP contribution in [0.3, 0.4) is 0 Å². The first kappa shape index (κ1) is 17.9. The lowest BCUT2D eigenvalue weighted by Gasteiger charge is -2.07. The molecule has 7 nitrogen and oxygen atoms in total. The van der Waals surface area contributed by atoms with Gasteiger partial charge in [0.25, 0.3) is 11.3 Å². The number of carbonyl (C=O) groups excluding carboxylic acids is 1. The maximum Gasteiger partial charge on any atom is 0.267 e. The fourth-order valence-electron chi connectivity index (χ4n) is 2.82. The number of nitrogens with zero attached hydrogens (tertiary/aromatic N) is 3. The van der Waals surface area contributed by atoms with Crippen molar-refractivity contribution in [1.29, 1.82) is 0 Å². The van der Waals surface area contributed by atoms with E-state index in [0.29, 0.717) is 16.4 Å². The first-order valence-electron chi connectivity index (χ1n) is 8.48. The molecule has 28 heavy (non-hydrogen) atoms. The van der Waals surface area contributed by atoms with Crippen LogP contribution in [0.15, 0.2) is 64.2 Å². The number of aryl methyl sites for hydroxylation is 1. The summed E-state index contributed by atoms with van der Waals surface area (Å²) in [7, 11) is 0. The van der Waals surface area contributed by atoms with Crippen LogP contribution in [0.4, 0.5) is 5.69 Å². The molecule has 4 aromatic rings. The van der Waals surface area contributed by atoms with Gasteiger partial charge in [-0.05, 0) is 25.1 Å². The molecule has 0 saturated heterocycles. The van der Waals surface area contributed by atoms with Crippen molar-refractivity contribution in [3.63, 3.8) is 0 Å². The number of aromatic nitrogens is 3. The highest BCUT2D eigenvalue weighted by atomic mass is 35.5. The van der Waals surface area contributed by atoms with Crippen molar-refractivity contribution in [2.45, 2.75) is 13.5 Å². The van der Waals surface area contributed by atoms with Crippen molar-refractivity contribution in [2.75, 3.05) is 5.32 Å². The molecule has 140 valence electrons. The highest BCUT2D eigenvalue weighted by Gasteiger charge is 2.18. The quantitative estimate of drug-likeness (QED) is 0.570. The zero-order valence-corrected chi connectivity index (χ0v) is 15.6. The summed E-state index contributed by atoms with van der Waals surface area (Å²) in [4.78, 5) is 29.4. The van der Waals surface area contributed by atoms with Crippen LogP contribution in [0.5, 0.6) is 0 Å². The summed E-state index contributed by atoms with van der Waals surface area (Å²) in [6, 6.07) is 14.3. The minimum atomic E-state index is -0.400. The van der Waals surface area contributed by atoms with Crippen molar-refractivity contribution >= 4 is 34.3 Å². The molecule has 0 fully saturated rings. The second-order valence-corrected chi connectivity index (χ2v) is 6.75. The van der Waals surface area contributed by atoms with E-state index in [1.54, 1.807) is 24.3 Å². The smallest absolute Gasteiger partial charge is 0.267 e. The second kappa shape index (κ2) is 7.28. The molecule has 0 aliphatic carbocycles. The van der Waals surface area contributed by atoms with E-state index in [1.165, 1.54) is 10.9 Å². The van der Waals surface area contributed by atoms with Crippen LogP contribution in [0.1, 0.15) is 5.56 Å². The van der Waals surface area contributed by atoms with Gasteiger partial charge in [-0.1, -0.05) is 52.7 Å². The summed E-state index contributed by atoms with van der Waals surface area (Å²) in [6.45, 7) is 1.77.